The molecule has 0 bridgehead atoms. The average Bonchev–Trinajstić information content (AvgIpc) is 2.69. The first-order chi connectivity index (χ1) is 9.17. The fraction of sp³-hybridized carbons (Fsp3) is 0.688. The van der Waals surface area contributed by atoms with Crippen molar-refractivity contribution in [3.63, 3.8) is 0 Å². The van der Waals surface area contributed by atoms with Crippen LogP contribution < -0.4 is 0 Å². The van der Waals surface area contributed by atoms with Gasteiger partial charge in [-0.3, -0.25) is 4.40 Å². The van der Waals surface area contributed by atoms with E-state index in [2.05, 4.69) is 38.9 Å². The lowest BCUT2D eigenvalue weighted by Crippen LogP contribution is -2.47. The highest BCUT2D eigenvalue weighted by atomic mass is 32.1. The summed E-state index contributed by atoms with van der Waals surface area (Å²) in [5, 5.41) is 13.1. The number of thiazole rings is 1. The highest BCUT2D eigenvalue weighted by molar-refractivity contribution is 7.15. The van der Waals surface area contributed by atoms with Gasteiger partial charge in [0.1, 0.15) is 0 Å². The summed E-state index contributed by atoms with van der Waals surface area (Å²) in [4.78, 5) is 5.64. The van der Waals surface area contributed by atoms with Gasteiger partial charge in [-0.15, -0.1) is 11.3 Å². The van der Waals surface area contributed by atoms with Crippen molar-refractivity contribution in [1.82, 2.24) is 9.38 Å². The number of hydrogen-bond acceptors (Lipinski definition) is 3. The van der Waals surface area contributed by atoms with Gasteiger partial charge in [0.25, 0.3) is 0 Å². The predicted molar refractivity (Wildman–Crippen MR) is 83.1 cm³/mol. The molecular weight excluding hydrogens is 268 g/mol. The molecule has 2 aromatic heterocycles. The molecule has 20 heavy (non-hydrogen) atoms. The molecule has 0 spiro atoms. The maximum atomic E-state index is 11.1. The summed E-state index contributed by atoms with van der Waals surface area (Å²) < 4.78 is 2.04. The minimum absolute atomic E-state index is 0.188. The molecule has 1 saturated carbocycles. The Morgan fingerprint density at radius 1 is 1.20 bits per heavy atom. The number of aliphatic hydroxyl groups is 1. The van der Waals surface area contributed by atoms with Crippen molar-refractivity contribution in [1.29, 1.82) is 0 Å². The first-order valence-corrected chi connectivity index (χ1v) is 8.18. The van der Waals surface area contributed by atoms with Crippen LogP contribution in [0.4, 0.5) is 0 Å². The van der Waals surface area contributed by atoms with Crippen LogP contribution in [-0.4, -0.2) is 20.1 Å². The third kappa shape index (κ3) is 2.77. The summed E-state index contributed by atoms with van der Waals surface area (Å²) in [6, 6.07) is 0. The van der Waals surface area contributed by atoms with Gasteiger partial charge in [-0.05, 0) is 30.1 Å². The molecule has 0 radical (unpaired) electrons. The van der Waals surface area contributed by atoms with Gasteiger partial charge in [-0.2, -0.15) is 0 Å². The molecule has 0 saturated heterocycles. The molecular formula is C16H24N2OS. The third-order valence-electron chi connectivity index (χ3n) is 4.23. The smallest absolute Gasteiger partial charge is 0.193 e. The number of hydrogen-bond donors (Lipinski definition) is 1. The van der Waals surface area contributed by atoms with Crippen molar-refractivity contribution in [2.24, 2.45) is 10.8 Å². The van der Waals surface area contributed by atoms with Crippen LogP contribution in [-0.2, 0) is 6.42 Å². The van der Waals surface area contributed by atoms with Gasteiger partial charge in [-0.25, -0.2) is 4.98 Å². The number of fused-ring (bicyclic) bond motifs is 1. The zero-order valence-corrected chi connectivity index (χ0v) is 13.6. The second-order valence-corrected chi connectivity index (χ2v) is 8.96. The number of nitrogens with zero attached hydrogens (tertiary/aromatic N) is 2. The third-order valence-corrected chi connectivity index (χ3v) is 5.00. The summed E-state index contributed by atoms with van der Waals surface area (Å²) in [7, 11) is 0. The van der Waals surface area contributed by atoms with Crippen LogP contribution in [0.25, 0.3) is 4.96 Å². The molecule has 0 amide bonds. The van der Waals surface area contributed by atoms with E-state index < -0.39 is 5.60 Å². The standard InChI is InChI=1S/C16H24N2OS/c1-14(2)9-15(3,4)11-16(19,10-14)7-12-8-18-5-6-20-13(18)17-12/h5-6,8,19H,7,9-11H2,1-4H3. The quantitative estimate of drug-likeness (QED) is 0.911. The van der Waals surface area contributed by atoms with Crippen molar-refractivity contribution in [3.05, 3.63) is 23.5 Å². The van der Waals surface area contributed by atoms with Crippen molar-refractivity contribution < 1.29 is 5.11 Å². The minimum atomic E-state index is -0.630. The van der Waals surface area contributed by atoms with Gasteiger partial charge in [0.05, 0.1) is 11.3 Å². The van der Waals surface area contributed by atoms with Gasteiger partial charge in [0.15, 0.2) is 4.96 Å². The van der Waals surface area contributed by atoms with E-state index in [1.807, 2.05) is 16.0 Å². The Morgan fingerprint density at radius 3 is 2.45 bits per heavy atom. The highest BCUT2D eigenvalue weighted by Gasteiger charge is 2.46. The maximum absolute atomic E-state index is 11.1. The van der Waals surface area contributed by atoms with Gasteiger partial charge in [0.2, 0.25) is 0 Å². The Labute approximate surface area is 124 Å². The molecule has 1 N–H and O–H groups in total. The molecule has 1 aliphatic rings. The van der Waals surface area contributed by atoms with E-state index in [1.165, 1.54) is 6.42 Å². The fourth-order valence-electron chi connectivity index (χ4n) is 4.59. The van der Waals surface area contributed by atoms with Crippen LogP contribution in [0.5, 0.6) is 0 Å². The predicted octanol–water partition coefficient (Wildman–Crippen LogP) is 3.91. The summed E-state index contributed by atoms with van der Waals surface area (Å²) >= 11 is 1.64. The second-order valence-electron chi connectivity index (χ2n) is 8.08. The van der Waals surface area contributed by atoms with Gasteiger partial charge >= 0.3 is 0 Å². The number of imidazole rings is 1. The summed E-state index contributed by atoms with van der Waals surface area (Å²) in [6.45, 7) is 9.07. The molecule has 1 fully saturated rings. The molecule has 2 aromatic rings. The van der Waals surface area contributed by atoms with Crippen LogP contribution >= 0.6 is 11.3 Å². The van der Waals surface area contributed by atoms with Crippen molar-refractivity contribution in [2.75, 3.05) is 0 Å². The Bertz CT molecular complexity index is 579. The maximum Gasteiger partial charge on any atom is 0.193 e. The minimum Gasteiger partial charge on any atom is -0.389 e. The summed E-state index contributed by atoms with van der Waals surface area (Å²) in [6.07, 6.45) is 7.62. The molecule has 0 aliphatic heterocycles. The van der Waals surface area contributed by atoms with E-state index in [4.69, 9.17) is 0 Å². The largest absolute Gasteiger partial charge is 0.389 e. The topological polar surface area (TPSA) is 37.5 Å². The lowest BCUT2D eigenvalue weighted by atomic mass is 9.59. The van der Waals surface area contributed by atoms with E-state index >= 15 is 0 Å². The first-order valence-electron chi connectivity index (χ1n) is 7.30. The fourth-order valence-corrected chi connectivity index (χ4v) is 5.31. The molecule has 4 heteroatoms. The normalized spacial score (nSPS) is 24.1. The number of rotatable bonds is 2. The Morgan fingerprint density at radius 2 is 1.85 bits per heavy atom. The second kappa shape index (κ2) is 4.31. The lowest BCUT2D eigenvalue weighted by molar-refractivity contribution is -0.0855. The molecule has 3 rings (SSSR count). The molecule has 3 nitrogen and oxygen atoms in total. The molecule has 1 aliphatic carbocycles. The van der Waals surface area contributed by atoms with Crippen LogP contribution in [0, 0.1) is 10.8 Å². The average molecular weight is 292 g/mol. The Balaban J connectivity index is 1.86. The van der Waals surface area contributed by atoms with Crippen LogP contribution in [0.3, 0.4) is 0 Å². The van der Waals surface area contributed by atoms with Crippen LogP contribution in [0.1, 0.15) is 52.7 Å². The highest BCUT2D eigenvalue weighted by Crippen LogP contribution is 2.50. The van der Waals surface area contributed by atoms with E-state index in [0.717, 1.165) is 23.5 Å². The summed E-state index contributed by atoms with van der Waals surface area (Å²) in [5.74, 6) is 0. The molecule has 0 aromatic carbocycles. The van der Waals surface area contributed by atoms with Crippen LogP contribution in [0.15, 0.2) is 17.8 Å². The molecule has 0 atom stereocenters. The van der Waals surface area contributed by atoms with Crippen molar-refractivity contribution >= 4 is 16.3 Å². The van der Waals surface area contributed by atoms with E-state index in [0.29, 0.717) is 6.42 Å². The van der Waals surface area contributed by atoms with Gasteiger partial charge in [0, 0.05) is 24.2 Å². The van der Waals surface area contributed by atoms with Crippen LogP contribution in [0.2, 0.25) is 0 Å². The first kappa shape index (κ1) is 14.1. The van der Waals surface area contributed by atoms with E-state index in [-0.39, 0.29) is 10.8 Å². The molecule has 2 heterocycles. The zero-order chi connectivity index (χ0) is 14.6. The zero-order valence-electron chi connectivity index (χ0n) is 12.8. The van der Waals surface area contributed by atoms with Gasteiger partial charge < -0.3 is 5.11 Å². The van der Waals surface area contributed by atoms with E-state index in [1.54, 1.807) is 11.3 Å². The van der Waals surface area contributed by atoms with Crippen molar-refractivity contribution in [2.45, 2.75) is 59.0 Å². The molecule has 110 valence electrons. The Kier molecular flexibility index (Phi) is 3.04. The summed E-state index contributed by atoms with van der Waals surface area (Å²) in [5.41, 5.74) is 0.754. The molecule has 0 unspecified atom stereocenters. The monoisotopic (exact) mass is 292 g/mol. The Hall–Kier alpha value is -0.870. The van der Waals surface area contributed by atoms with E-state index in [9.17, 15) is 5.11 Å². The SMILES string of the molecule is CC1(C)CC(C)(C)CC(O)(Cc2cn3ccsc3n2)C1. The number of aromatic nitrogens is 2. The van der Waals surface area contributed by atoms with Gasteiger partial charge in [-0.1, -0.05) is 27.7 Å². The lowest BCUT2D eigenvalue weighted by Gasteiger charge is -2.49. The van der Waals surface area contributed by atoms with Crippen molar-refractivity contribution in [3.8, 4) is 0 Å².